The van der Waals surface area contributed by atoms with Gasteiger partial charge >= 0.3 is 0 Å². The van der Waals surface area contributed by atoms with E-state index in [0.29, 0.717) is 20.8 Å². The Labute approximate surface area is 126 Å². The number of hydrogen-bond donors (Lipinski definition) is 1. The lowest BCUT2D eigenvalue weighted by atomic mass is 10.2. The molecular formula is C12H16Cl2N2O2S. The van der Waals surface area contributed by atoms with Crippen LogP contribution in [-0.4, -0.2) is 43.3 Å². The Morgan fingerprint density at radius 3 is 2.53 bits per heavy atom. The normalized spacial score (nSPS) is 10.8. The summed E-state index contributed by atoms with van der Waals surface area (Å²) in [5, 5.41) is 2.55. The van der Waals surface area contributed by atoms with Gasteiger partial charge in [-0.15, -0.1) is 11.3 Å². The van der Waals surface area contributed by atoms with E-state index in [4.69, 9.17) is 23.2 Å². The molecule has 0 bridgehead atoms. The molecule has 0 aliphatic carbocycles. The Bertz CT molecular complexity index is 463. The van der Waals surface area contributed by atoms with Gasteiger partial charge < -0.3 is 5.32 Å². The van der Waals surface area contributed by atoms with Gasteiger partial charge in [0.1, 0.15) is 4.34 Å². The number of carbonyl (C=O) groups excluding carboxylic acids is 2. The number of halogens is 2. The maximum atomic E-state index is 12.1. The molecule has 1 aromatic rings. The van der Waals surface area contributed by atoms with Gasteiger partial charge in [-0.1, -0.05) is 30.1 Å². The maximum Gasteiger partial charge on any atom is 0.233 e. The lowest BCUT2D eigenvalue weighted by Crippen LogP contribution is -2.39. The van der Waals surface area contributed by atoms with Gasteiger partial charge in [0, 0.05) is 7.05 Å². The molecule has 19 heavy (non-hydrogen) atoms. The van der Waals surface area contributed by atoms with Gasteiger partial charge in [-0.25, -0.2) is 0 Å². The van der Waals surface area contributed by atoms with Crippen molar-refractivity contribution >= 4 is 46.2 Å². The third-order valence-corrected chi connectivity index (χ3v) is 4.00. The summed E-state index contributed by atoms with van der Waals surface area (Å²) < 4.78 is 0.882. The van der Waals surface area contributed by atoms with Crippen LogP contribution in [0.5, 0.6) is 0 Å². The summed E-state index contributed by atoms with van der Waals surface area (Å²) in [6.45, 7) is 3.03. The summed E-state index contributed by atoms with van der Waals surface area (Å²) >= 11 is 12.9. The minimum Gasteiger partial charge on any atom is -0.358 e. The third-order valence-electron chi connectivity index (χ3n) is 2.51. The summed E-state index contributed by atoms with van der Waals surface area (Å²) in [5.41, 5.74) is 0.426. The zero-order valence-corrected chi connectivity index (χ0v) is 13.2. The number of thiophene rings is 1. The van der Waals surface area contributed by atoms with Gasteiger partial charge in [0.05, 0.1) is 23.0 Å². The number of amides is 1. The molecule has 106 valence electrons. The number of carbonyl (C=O) groups is 2. The highest BCUT2D eigenvalue weighted by molar-refractivity contribution is 7.20. The first kappa shape index (κ1) is 16.4. The zero-order chi connectivity index (χ0) is 14.4. The largest absolute Gasteiger partial charge is 0.358 e. The number of nitrogens with one attached hydrogen (secondary N) is 1. The SMILES string of the molecule is CCCN(CC(=O)NC)CC(=O)c1cc(Cl)sc1Cl. The molecule has 0 radical (unpaired) electrons. The van der Waals surface area contributed by atoms with Gasteiger partial charge in [0.25, 0.3) is 0 Å². The second-order valence-electron chi connectivity index (χ2n) is 4.04. The van der Waals surface area contributed by atoms with Gasteiger partial charge in [-0.2, -0.15) is 0 Å². The topological polar surface area (TPSA) is 49.4 Å². The van der Waals surface area contributed by atoms with Gasteiger partial charge in [-0.3, -0.25) is 14.5 Å². The van der Waals surface area contributed by atoms with E-state index in [9.17, 15) is 9.59 Å². The van der Waals surface area contributed by atoms with Crippen LogP contribution < -0.4 is 5.32 Å². The van der Waals surface area contributed by atoms with Crippen LogP contribution in [0.25, 0.3) is 0 Å². The summed E-state index contributed by atoms with van der Waals surface area (Å²) in [6.07, 6.45) is 0.863. The Morgan fingerprint density at radius 2 is 2.05 bits per heavy atom. The van der Waals surface area contributed by atoms with Crippen molar-refractivity contribution in [2.75, 3.05) is 26.7 Å². The first-order chi connectivity index (χ1) is 8.97. The smallest absolute Gasteiger partial charge is 0.233 e. The van der Waals surface area contributed by atoms with E-state index in [0.717, 1.165) is 6.42 Å². The van der Waals surface area contributed by atoms with Crippen LogP contribution in [0.15, 0.2) is 6.07 Å². The van der Waals surface area contributed by atoms with E-state index in [1.165, 1.54) is 11.3 Å². The highest BCUT2D eigenvalue weighted by Crippen LogP contribution is 2.31. The number of hydrogen-bond acceptors (Lipinski definition) is 4. The molecule has 0 unspecified atom stereocenters. The van der Waals surface area contributed by atoms with Crippen molar-refractivity contribution in [1.29, 1.82) is 0 Å². The average molecular weight is 323 g/mol. The summed E-state index contributed by atoms with van der Waals surface area (Å²) in [7, 11) is 1.57. The highest BCUT2D eigenvalue weighted by atomic mass is 35.5. The van der Waals surface area contributed by atoms with Crippen LogP contribution >= 0.6 is 34.5 Å². The quantitative estimate of drug-likeness (QED) is 0.785. The second-order valence-corrected chi connectivity index (χ2v) is 6.33. The Hall–Kier alpha value is -0.620. The maximum absolute atomic E-state index is 12.1. The second kappa shape index (κ2) is 7.85. The zero-order valence-electron chi connectivity index (χ0n) is 10.8. The van der Waals surface area contributed by atoms with Gasteiger partial charge in [0.15, 0.2) is 5.78 Å². The molecule has 0 saturated carbocycles. The number of ketones is 1. The van der Waals surface area contributed by atoms with Crippen LogP contribution in [0, 0.1) is 0 Å². The average Bonchev–Trinajstić information content (AvgIpc) is 2.68. The Morgan fingerprint density at radius 1 is 1.37 bits per heavy atom. The van der Waals surface area contributed by atoms with Crippen LogP contribution in [0.1, 0.15) is 23.7 Å². The predicted octanol–water partition coefficient (Wildman–Crippen LogP) is 2.70. The van der Waals surface area contributed by atoms with Crippen LogP contribution in [0.3, 0.4) is 0 Å². The Kier molecular flexibility index (Phi) is 6.79. The molecule has 1 aromatic heterocycles. The van der Waals surface area contributed by atoms with Crippen LogP contribution in [-0.2, 0) is 4.79 Å². The van der Waals surface area contributed by atoms with E-state index in [2.05, 4.69) is 5.32 Å². The number of likely N-dealkylation sites (N-methyl/N-ethyl adjacent to an activating group) is 1. The van der Waals surface area contributed by atoms with Crippen molar-refractivity contribution in [3.05, 3.63) is 20.3 Å². The van der Waals surface area contributed by atoms with Crippen molar-refractivity contribution in [3.8, 4) is 0 Å². The third kappa shape index (κ3) is 5.10. The summed E-state index contributed by atoms with van der Waals surface area (Å²) in [4.78, 5) is 25.3. The molecule has 1 heterocycles. The lowest BCUT2D eigenvalue weighted by Gasteiger charge is -2.19. The van der Waals surface area contributed by atoms with Crippen molar-refractivity contribution < 1.29 is 9.59 Å². The van der Waals surface area contributed by atoms with E-state index in [1.807, 2.05) is 6.92 Å². The van der Waals surface area contributed by atoms with Crippen LogP contribution in [0.4, 0.5) is 0 Å². The van der Waals surface area contributed by atoms with E-state index in [-0.39, 0.29) is 24.8 Å². The number of nitrogens with zero attached hydrogens (tertiary/aromatic N) is 1. The van der Waals surface area contributed by atoms with Crippen molar-refractivity contribution in [2.24, 2.45) is 0 Å². The standard InChI is InChI=1S/C12H16Cl2N2O2S/c1-3-4-16(7-11(18)15-2)6-9(17)8-5-10(13)19-12(8)14/h5H,3-4,6-7H2,1-2H3,(H,15,18). The minimum atomic E-state index is -0.120. The molecule has 0 fully saturated rings. The first-order valence-corrected chi connectivity index (χ1v) is 7.46. The molecule has 1 amide bonds. The van der Waals surface area contributed by atoms with Crippen molar-refractivity contribution in [1.82, 2.24) is 10.2 Å². The fraction of sp³-hybridized carbons (Fsp3) is 0.500. The molecule has 0 aromatic carbocycles. The minimum absolute atomic E-state index is 0.115. The highest BCUT2D eigenvalue weighted by Gasteiger charge is 2.18. The molecule has 7 heteroatoms. The molecule has 0 saturated heterocycles. The molecule has 1 rings (SSSR count). The van der Waals surface area contributed by atoms with E-state index >= 15 is 0 Å². The lowest BCUT2D eigenvalue weighted by molar-refractivity contribution is -0.121. The van der Waals surface area contributed by atoms with E-state index < -0.39 is 0 Å². The summed E-state index contributed by atoms with van der Waals surface area (Å²) in [6, 6.07) is 1.57. The first-order valence-electron chi connectivity index (χ1n) is 5.88. The molecule has 1 N–H and O–H groups in total. The van der Waals surface area contributed by atoms with Crippen molar-refractivity contribution in [2.45, 2.75) is 13.3 Å². The monoisotopic (exact) mass is 322 g/mol. The Balaban J connectivity index is 2.70. The number of rotatable bonds is 7. The van der Waals surface area contributed by atoms with Gasteiger partial charge in [0.2, 0.25) is 5.91 Å². The fourth-order valence-electron chi connectivity index (χ4n) is 1.63. The molecule has 0 aliphatic heterocycles. The van der Waals surface area contributed by atoms with Crippen LogP contribution in [0.2, 0.25) is 8.67 Å². The van der Waals surface area contributed by atoms with E-state index in [1.54, 1.807) is 18.0 Å². The van der Waals surface area contributed by atoms with Crippen molar-refractivity contribution in [3.63, 3.8) is 0 Å². The molecule has 4 nitrogen and oxygen atoms in total. The predicted molar refractivity (Wildman–Crippen MR) is 79.5 cm³/mol. The molecule has 0 aliphatic rings. The molecular weight excluding hydrogens is 307 g/mol. The molecule has 0 spiro atoms. The number of Topliss-reactive ketones (excluding diaryl/α,β-unsaturated/α-hetero) is 1. The summed E-state index contributed by atoms with van der Waals surface area (Å²) in [5.74, 6) is -0.235. The molecule has 0 atom stereocenters. The fourth-order valence-corrected chi connectivity index (χ4v) is 3.13. The van der Waals surface area contributed by atoms with Gasteiger partial charge in [-0.05, 0) is 19.0 Å².